The highest BCUT2D eigenvalue weighted by atomic mass is 35.5. The molecular formula is C22H22ClN3O3S. The fraction of sp³-hybridized carbons (Fsp3) is 0.318. The maximum absolute atomic E-state index is 13.1. The molecule has 1 aliphatic rings. The Bertz CT molecular complexity index is 1040. The normalized spacial score (nSPS) is 16.4. The quantitative estimate of drug-likeness (QED) is 0.561. The molecule has 0 N–H and O–H groups in total. The second kappa shape index (κ2) is 9.02. The molecule has 0 aliphatic carbocycles. The van der Waals surface area contributed by atoms with Gasteiger partial charge in [0.1, 0.15) is 21.5 Å². The first-order valence-corrected chi connectivity index (χ1v) is 10.9. The molecule has 1 saturated heterocycles. The van der Waals surface area contributed by atoms with Crippen molar-refractivity contribution in [1.82, 2.24) is 15.1 Å². The van der Waals surface area contributed by atoms with Crippen LogP contribution in [0.1, 0.15) is 34.1 Å². The summed E-state index contributed by atoms with van der Waals surface area (Å²) in [6.45, 7) is 1.31. The van der Waals surface area contributed by atoms with Crippen LogP contribution in [-0.4, -0.2) is 48.3 Å². The molecule has 2 heterocycles. The highest BCUT2D eigenvalue weighted by Crippen LogP contribution is 2.34. The van der Waals surface area contributed by atoms with E-state index in [-0.39, 0.29) is 11.8 Å². The van der Waals surface area contributed by atoms with E-state index in [0.717, 1.165) is 34.2 Å². The van der Waals surface area contributed by atoms with Gasteiger partial charge in [-0.25, -0.2) is 0 Å². The molecular weight excluding hydrogens is 422 g/mol. The van der Waals surface area contributed by atoms with E-state index >= 15 is 0 Å². The van der Waals surface area contributed by atoms with Gasteiger partial charge in [0.05, 0.1) is 19.8 Å². The Morgan fingerprint density at radius 2 is 1.93 bits per heavy atom. The number of nitrogens with zero attached hydrogens (tertiary/aromatic N) is 3. The number of likely N-dealkylation sites (tertiary alicyclic amines) is 1. The van der Waals surface area contributed by atoms with Crippen LogP contribution in [-0.2, 0) is 0 Å². The molecule has 1 atom stereocenters. The first-order valence-electron chi connectivity index (χ1n) is 9.69. The highest BCUT2D eigenvalue weighted by Gasteiger charge is 2.29. The van der Waals surface area contributed by atoms with Crippen LogP contribution in [0.15, 0.2) is 42.5 Å². The monoisotopic (exact) mass is 443 g/mol. The maximum atomic E-state index is 13.1. The molecule has 30 heavy (non-hydrogen) atoms. The maximum Gasteiger partial charge on any atom is 0.257 e. The predicted octanol–water partition coefficient (Wildman–Crippen LogP) is 4.90. The number of carbonyl (C=O) groups is 1. The number of piperidine rings is 1. The van der Waals surface area contributed by atoms with Crippen LogP contribution in [0, 0.1) is 0 Å². The van der Waals surface area contributed by atoms with Gasteiger partial charge in [0, 0.05) is 29.6 Å². The van der Waals surface area contributed by atoms with Crippen molar-refractivity contribution >= 4 is 28.8 Å². The van der Waals surface area contributed by atoms with Gasteiger partial charge in [-0.1, -0.05) is 22.9 Å². The summed E-state index contributed by atoms with van der Waals surface area (Å²) in [5.41, 5.74) is 1.49. The summed E-state index contributed by atoms with van der Waals surface area (Å²) in [5, 5.41) is 11.1. The Morgan fingerprint density at radius 3 is 2.67 bits per heavy atom. The average Bonchev–Trinajstić information content (AvgIpc) is 3.29. The Morgan fingerprint density at radius 1 is 1.13 bits per heavy atom. The third kappa shape index (κ3) is 4.27. The Labute approximate surface area is 184 Å². The van der Waals surface area contributed by atoms with Crippen LogP contribution in [0.5, 0.6) is 11.5 Å². The van der Waals surface area contributed by atoms with Gasteiger partial charge in [0.25, 0.3) is 5.91 Å². The van der Waals surface area contributed by atoms with Crippen molar-refractivity contribution in [1.29, 1.82) is 0 Å². The minimum atomic E-state index is -0.0704. The molecule has 0 spiro atoms. The number of hydrogen-bond acceptors (Lipinski definition) is 6. The summed E-state index contributed by atoms with van der Waals surface area (Å²) in [4.78, 5) is 15.0. The molecule has 1 unspecified atom stereocenters. The van der Waals surface area contributed by atoms with Crippen LogP contribution < -0.4 is 9.47 Å². The fourth-order valence-corrected chi connectivity index (χ4v) is 4.78. The van der Waals surface area contributed by atoms with Gasteiger partial charge in [-0.15, -0.1) is 10.2 Å². The Hall–Kier alpha value is -2.64. The molecule has 156 valence electrons. The average molecular weight is 444 g/mol. The molecule has 0 radical (unpaired) electrons. The molecule has 0 bridgehead atoms. The summed E-state index contributed by atoms with van der Waals surface area (Å²) in [6, 6.07) is 12.9. The lowest BCUT2D eigenvalue weighted by Gasteiger charge is -2.32. The van der Waals surface area contributed by atoms with Crippen molar-refractivity contribution in [3.63, 3.8) is 0 Å². The predicted molar refractivity (Wildman–Crippen MR) is 118 cm³/mol. The van der Waals surface area contributed by atoms with Gasteiger partial charge in [-0.2, -0.15) is 0 Å². The summed E-state index contributed by atoms with van der Waals surface area (Å²) in [6.07, 6.45) is 1.89. The van der Waals surface area contributed by atoms with Crippen LogP contribution in [0.2, 0.25) is 5.02 Å². The second-order valence-corrected chi connectivity index (χ2v) is 8.55. The molecule has 1 fully saturated rings. The molecule has 3 aromatic rings. The number of aromatic nitrogens is 2. The number of rotatable bonds is 5. The van der Waals surface area contributed by atoms with Crippen LogP contribution in [0.25, 0.3) is 10.6 Å². The van der Waals surface area contributed by atoms with E-state index in [2.05, 4.69) is 10.2 Å². The molecule has 0 saturated carbocycles. The molecule has 1 aliphatic heterocycles. The van der Waals surface area contributed by atoms with Gasteiger partial charge in [0.15, 0.2) is 0 Å². The minimum Gasteiger partial charge on any atom is -0.497 e. The van der Waals surface area contributed by atoms with Crippen molar-refractivity contribution in [2.75, 3.05) is 27.3 Å². The smallest absolute Gasteiger partial charge is 0.257 e. The lowest BCUT2D eigenvalue weighted by Crippen LogP contribution is -2.39. The van der Waals surface area contributed by atoms with Gasteiger partial charge in [-0.05, 0) is 55.3 Å². The number of carbonyl (C=O) groups excluding carboxylic acids is 1. The van der Waals surface area contributed by atoms with Crippen LogP contribution in [0.3, 0.4) is 0 Å². The highest BCUT2D eigenvalue weighted by molar-refractivity contribution is 7.14. The van der Waals surface area contributed by atoms with Gasteiger partial charge < -0.3 is 14.4 Å². The van der Waals surface area contributed by atoms with Crippen molar-refractivity contribution in [3.8, 4) is 22.1 Å². The SMILES string of the molecule is COc1ccc(-c2nnc(C3CCCN(C(=O)c4cc(Cl)ccc4OC)C3)s2)cc1. The van der Waals surface area contributed by atoms with E-state index in [9.17, 15) is 4.79 Å². The van der Waals surface area contributed by atoms with Crippen molar-refractivity contribution < 1.29 is 14.3 Å². The van der Waals surface area contributed by atoms with E-state index in [0.29, 0.717) is 29.4 Å². The first kappa shape index (κ1) is 20.6. The fourth-order valence-electron chi connectivity index (χ4n) is 3.63. The lowest BCUT2D eigenvalue weighted by atomic mass is 9.98. The summed E-state index contributed by atoms with van der Waals surface area (Å²) < 4.78 is 10.6. The van der Waals surface area contributed by atoms with Crippen molar-refractivity contribution in [3.05, 3.63) is 58.1 Å². The van der Waals surface area contributed by atoms with Gasteiger partial charge in [-0.3, -0.25) is 4.79 Å². The Kier molecular flexibility index (Phi) is 6.20. The molecule has 8 heteroatoms. The van der Waals surface area contributed by atoms with E-state index < -0.39 is 0 Å². The lowest BCUT2D eigenvalue weighted by molar-refractivity contribution is 0.0703. The zero-order valence-electron chi connectivity index (χ0n) is 16.8. The van der Waals surface area contributed by atoms with E-state index in [1.54, 1.807) is 43.8 Å². The van der Waals surface area contributed by atoms with E-state index in [1.807, 2.05) is 29.2 Å². The van der Waals surface area contributed by atoms with E-state index in [4.69, 9.17) is 21.1 Å². The standard InChI is InChI=1S/C22H22ClN3O3S/c1-28-17-8-5-14(6-9-17)20-24-25-21(30-20)15-4-3-11-26(13-15)22(27)18-12-16(23)7-10-19(18)29-2/h5-10,12,15H,3-4,11,13H2,1-2H3. The third-order valence-corrected chi connectivity index (χ3v) is 6.60. The zero-order chi connectivity index (χ0) is 21.1. The summed E-state index contributed by atoms with van der Waals surface area (Å²) >= 11 is 7.69. The summed E-state index contributed by atoms with van der Waals surface area (Å²) in [7, 11) is 3.20. The molecule has 2 aromatic carbocycles. The van der Waals surface area contributed by atoms with Crippen molar-refractivity contribution in [2.24, 2.45) is 0 Å². The van der Waals surface area contributed by atoms with Gasteiger partial charge in [0.2, 0.25) is 0 Å². The Balaban J connectivity index is 1.51. The molecule has 4 rings (SSSR count). The number of hydrogen-bond donors (Lipinski definition) is 0. The third-order valence-electron chi connectivity index (χ3n) is 5.23. The van der Waals surface area contributed by atoms with Crippen LogP contribution >= 0.6 is 22.9 Å². The number of methoxy groups -OCH3 is 2. The minimum absolute atomic E-state index is 0.0704. The molecule has 1 amide bonds. The van der Waals surface area contributed by atoms with E-state index in [1.165, 1.54) is 0 Å². The van der Waals surface area contributed by atoms with Crippen molar-refractivity contribution in [2.45, 2.75) is 18.8 Å². The first-order chi connectivity index (χ1) is 14.6. The molecule has 6 nitrogen and oxygen atoms in total. The number of amides is 1. The molecule has 1 aromatic heterocycles. The summed E-state index contributed by atoms with van der Waals surface area (Å²) in [5.74, 6) is 1.43. The number of halogens is 1. The number of ether oxygens (including phenoxy) is 2. The van der Waals surface area contributed by atoms with Gasteiger partial charge >= 0.3 is 0 Å². The zero-order valence-corrected chi connectivity index (χ0v) is 18.4. The van der Waals surface area contributed by atoms with Crippen LogP contribution in [0.4, 0.5) is 0 Å². The topological polar surface area (TPSA) is 64.6 Å². The number of benzene rings is 2. The second-order valence-electron chi connectivity index (χ2n) is 7.11. The largest absolute Gasteiger partial charge is 0.497 e.